The minimum absolute atomic E-state index is 0.208. The highest BCUT2D eigenvalue weighted by Crippen LogP contribution is 2.45. The number of aromatic nitrogens is 2. The summed E-state index contributed by atoms with van der Waals surface area (Å²) in [6.45, 7) is 7.05. The average molecular weight is 445 g/mol. The highest BCUT2D eigenvalue weighted by molar-refractivity contribution is 7.19. The van der Waals surface area contributed by atoms with Gasteiger partial charge in [0.1, 0.15) is 16.9 Å². The molecule has 0 aliphatic heterocycles. The lowest BCUT2D eigenvalue weighted by atomic mass is 9.69. The summed E-state index contributed by atoms with van der Waals surface area (Å²) >= 11 is 1.79. The third-order valence-electron chi connectivity index (χ3n) is 7.17. The van der Waals surface area contributed by atoms with E-state index in [0.717, 1.165) is 39.6 Å². The Morgan fingerprint density at radius 1 is 1.22 bits per heavy atom. The van der Waals surface area contributed by atoms with E-state index in [1.165, 1.54) is 23.3 Å². The molecule has 2 heterocycles. The molecule has 0 radical (unpaired) electrons. The third-order valence-corrected chi connectivity index (χ3v) is 8.37. The third kappa shape index (κ3) is 3.62. The monoisotopic (exact) mass is 444 g/mol. The number of phenolic OH excluding ortho intramolecular Hbond substituents is 1. The van der Waals surface area contributed by atoms with Crippen molar-refractivity contribution in [3.8, 4) is 5.75 Å². The summed E-state index contributed by atoms with van der Waals surface area (Å²) in [6, 6.07) is 11.6. The van der Waals surface area contributed by atoms with Gasteiger partial charge in [-0.1, -0.05) is 57.5 Å². The Hall–Kier alpha value is -2.99. The second kappa shape index (κ2) is 8.17. The predicted octanol–water partition coefficient (Wildman–Crippen LogP) is 6.54. The average Bonchev–Trinajstić information content (AvgIpc) is 3.19. The number of benzene rings is 2. The van der Waals surface area contributed by atoms with Crippen LogP contribution in [-0.4, -0.2) is 21.3 Å². The second-order valence-electron chi connectivity index (χ2n) is 9.28. The summed E-state index contributed by atoms with van der Waals surface area (Å²) in [6.07, 6.45) is 7.85. The van der Waals surface area contributed by atoms with Crippen LogP contribution in [0.2, 0.25) is 0 Å². The molecule has 1 aliphatic rings. The molecule has 0 amide bonds. The minimum Gasteiger partial charge on any atom is -0.507 e. The fourth-order valence-corrected chi connectivity index (χ4v) is 5.91. The molecule has 0 saturated heterocycles. The van der Waals surface area contributed by atoms with Gasteiger partial charge in [0, 0.05) is 10.4 Å². The first-order valence-electron chi connectivity index (χ1n) is 11.2. The van der Waals surface area contributed by atoms with Gasteiger partial charge in [0.25, 0.3) is 0 Å². The molecule has 32 heavy (non-hydrogen) atoms. The molecule has 0 saturated carbocycles. The van der Waals surface area contributed by atoms with Gasteiger partial charge in [-0.15, -0.1) is 11.3 Å². The molecule has 2 aromatic heterocycles. The standard InChI is InChI=1S/C26H28N4OS/c1-4-26(2,3)17-10-12-22-19(13-17)23-24(27-15-28-25(23)32-22)30-29-14-20-18-8-6-5-7-16(18)9-11-21(20)31/h5-9,11,14-15,17,31H,4,10,12-13H2,1-3H3,(H,27,28,30)/b29-14-/t17-/m1/s1. The molecule has 1 atom stereocenters. The van der Waals surface area contributed by atoms with Crippen molar-refractivity contribution in [3.63, 3.8) is 0 Å². The number of fused-ring (bicyclic) bond motifs is 4. The Kier molecular flexibility index (Phi) is 5.33. The van der Waals surface area contributed by atoms with Crippen LogP contribution in [0.3, 0.4) is 0 Å². The lowest BCUT2D eigenvalue weighted by Gasteiger charge is -2.36. The molecule has 2 aromatic carbocycles. The van der Waals surface area contributed by atoms with Crippen LogP contribution in [0.5, 0.6) is 5.75 Å². The van der Waals surface area contributed by atoms with Crippen molar-refractivity contribution in [2.45, 2.75) is 46.5 Å². The molecule has 0 bridgehead atoms. The highest BCUT2D eigenvalue weighted by Gasteiger charge is 2.33. The summed E-state index contributed by atoms with van der Waals surface area (Å²) < 4.78 is 0. The van der Waals surface area contributed by atoms with Crippen molar-refractivity contribution < 1.29 is 5.11 Å². The number of rotatable bonds is 5. The Labute approximate surface area is 192 Å². The van der Waals surface area contributed by atoms with Gasteiger partial charge >= 0.3 is 0 Å². The van der Waals surface area contributed by atoms with Gasteiger partial charge in [-0.05, 0) is 53.0 Å². The van der Waals surface area contributed by atoms with E-state index in [2.05, 4.69) is 41.3 Å². The van der Waals surface area contributed by atoms with Crippen molar-refractivity contribution >= 4 is 44.4 Å². The van der Waals surface area contributed by atoms with Crippen LogP contribution in [0.25, 0.3) is 21.0 Å². The van der Waals surface area contributed by atoms with Crippen LogP contribution >= 0.6 is 11.3 Å². The highest BCUT2D eigenvalue weighted by atomic mass is 32.1. The molecule has 0 fully saturated rings. The van der Waals surface area contributed by atoms with Gasteiger partial charge in [-0.2, -0.15) is 5.10 Å². The van der Waals surface area contributed by atoms with Crippen LogP contribution in [0.15, 0.2) is 47.8 Å². The predicted molar refractivity (Wildman–Crippen MR) is 134 cm³/mol. The number of nitrogens with zero attached hydrogens (tertiary/aromatic N) is 3. The number of aromatic hydroxyl groups is 1. The normalized spacial score (nSPS) is 16.7. The van der Waals surface area contributed by atoms with Gasteiger partial charge in [-0.25, -0.2) is 9.97 Å². The van der Waals surface area contributed by atoms with E-state index in [1.807, 2.05) is 30.3 Å². The maximum atomic E-state index is 10.4. The molecule has 5 rings (SSSR count). The fourth-order valence-electron chi connectivity index (χ4n) is 4.73. The zero-order valence-electron chi connectivity index (χ0n) is 18.7. The molecule has 6 heteroatoms. The van der Waals surface area contributed by atoms with Crippen molar-refractivity contribution in [2.75, 3.05) is 5.43 Å². The van der Waals surface area contributed by atoms with E-state index in [0.29, 0.717) is 16.9 Å². The molecular weight excluding hydrogens is 416 g/mol. The molecular formula is C26H28N4OS. The Balaban J connectivity index is 1.49. The Morgan fingerprint density at radius 3 is 2.91 bits per heavy atom. The van der Waals surface area contributed by atoms with Gasteiger partial charge in [0.05, 0.1) is 11.6 Å². The lowest BCUT2D eigenvalue weighted by Crippen LogP contribution is -2.28. The summed E-state index contributed by atoms with van der Waals surface area (Å²) in [7, 11) is 0. The van der Waals surface area contributed by atoms with Crippen molar-refractivity contribution in [2.24, 2.45) is 16.4 Å². The molecule has 4 aromatic rings. The topological polar surface area (TPSA) is 70.4 Å². The molecule has 1 aliphatic carbocycles. The van der Waals surface area contributed by atoms with E-state index in [4.69, 9.17) is 0 Å². The number of hydrogen-bond acceptors (Lipinski definition) is 6. The first-order chi connectivity index (χ1) is 15.5. The number of anilines is 1. The number of phenols is 1. The SMILES string of the molecule is CCC(C)(C)[C@@H]1CCc2sc3ncnc(N/N=C\c4c(O)ccc5ccccc45)c3c2C1. The minimum atomic E-state index is 0.208. The number of hydrogen-bond donors (Lipinski definition) is 2. The van der Waals surface area contributed by atoms with Crippen molar-refractivity contribution in [1.82, 2.24) is 9.97 Å². The second-order valence-corrected chi connectivity index (χ2v) is 10.4. The van der Waals surface area contributed by atoms with E-state index in [1.54, 1.807) is 29.9 Å². The molecule has 164 valence electrons. The van der Waals surface area contributed by atoms with Crippen LogP contribution in [0, 0.1) is 11.3 Å². The maximum absolute atomic E-state index is 10.4. The largest absolute Gasteiger partial charge is 0.507 e. The van der Waals surface area contributed by atoms with E-state index in [9.17, 15) is 5.11 Å². The zero-order chi connectivity index (χ0) is 22.3. The summed E-state index contributed by atoms with van der Waals surface area (Å²) in [4.78, 5) is 11.5. The first-order valence-corrected chi connectivity index (χ1v) is 12.0. The van der Waals surface area contributed by atoms with E-state index in [-0.39, 0.29) is 5.75 Å². The van der Waals surface area contributed by atoms with Crippen LogP contribution in [0.4, 0.5) is 5.82 Å². The van der Waals surface area contributed by atoms with Gasteiger partial charge < -0.3 is 5.11 Å². The molecule has 2 N–H and O–H groups in total. The molecule has 0 unspecified atom stereocenters. The smallest absolute Gasteiger partial charge is 0.158 e. The lowest BCUT2D eigenvalue weighted by molar-refractivity contribution is 0.184. The van der Waals surface area contributed by atoms with E-state index >= 15 is 0 Å². The Morgan fingerprint density at radius 2 is 2.06 bits per heavy atom. The van der Waals surface area contributed by atoms with Crippen molar-refractivity contribution in [1.29, 1.82) is 0 Å². The van der Waals surface area contributed by atoms with E-state index < -0.39 is 0 Å². The fraction of sp³-hybridized carbons (Fsp3) is 0.346. The van der Waals surface area contributed by atoms with Gasteiger partial charge in [-0.3, -0.25) is 5.43 Å². The summed E-state index contributed by atoms with van der Waals surface area (Å²) in [5, 5.41) is 18.0. The van der Waals surface area contributed by atoms with Gasteiger partial charge in [0.15, 0.2) is 5.82 Å². The van der Waals surface area contributed by atoms with Crippen LogP contribution in [-0.2, 0) is 12.8 Å². The Bertz CT molecular complexity index is 1320. The van der Waals surface area contributed by atoms with Gasteiger partial charge in [0.2, 0.25) is 0 Å². The van der Waals surface area contributed by atoms with Crippen molar-refractivity contribution in [3.05, 3.63) is 58.7 Å². The molecule has 5 nitrogen and oxygen atoms in total. The zero-order valence-corrected chi connectivity index (χ0v) is 19.5. The van der Waals surface area contributed by atoms with Crippen LogP contribution in [0.1, 0.15) is 49.6 Å². The summed E-state index contributed by atoms with van der Waals surface area (Å²) in [5.41, 5.74) is 5.54. The molecule has 0 spiro atoms. The number of nitrogens with one attached hydrogen (secondary N) is 1. The number of thiophene rings is 1. The quantitative estimate of drug-likeness (QED) is 0.271. The number of aryl methyl sites for hydroxylation is 1. The summed E-state index contributed by atoms with van der Waals surface area (Å²) in [5.74, 6) is 1.60. The maximum Gasteiger partial charge on any atom is 0.158 e. The first kappa shape index (κ1) is 20.9. The number of hydrazone groups is 1. The van der Waals surface area contributed by atoms with Crippen LogP contribution < -0.4 is 5.43 Å².